The van der Waals surface area contributed by atoms with Crippen LogP contribution in [0.5, 0.6) is 0 Å². The van der Waals surface area contributed by atoms with Crippen LogP contribution < -0.4 is 16.4 Å². The van der Waals surface area contributed by atoms with Crippen LogP contribution in [0.2, 0.25) is 0 Å². The molecule has 0 saturated carbocycles. The fourth-order valence-electron chi connectivity index (χ4n) is 1.11. The van der Waals surface area contributed by atoms with Gasteiger partial charge in [0.25, 0.3) is 0 Å². The zero-order valence-corrected chi connectivity index (χ0v) is 10.5. The molecule has 5 N–H and O–H groups in total. The lowest BCUT2D eigenvalue weighted by atomic mass is 10.2. The predicted octanol–water partition coefficient (Wildman–Crippen LogP) is 1.23. The Hall–Kier alpha value is -1.60. The highest BCUT2D eigenvalue weighted by Crippen LogP contribution is 2.23. The molecule has 0 bridgehead atoms. The van der Waals surface area contributed by atoms with Gasteiger partial charge in [0, 0.05) is 17.6 Å². The zero-order chi connectivity index (χ0) is 12.8. The molecule has 0 atom stereocenters. The van der Waals surface area contributed by atoms with Crippen molar-refractivity contribution in [1.29, 1.82) is 0 Å². The van der Waals surface area contributed by atoms with Gasteiger partial charge in [-0.05, 0) is 34.1 Å². The summed E-state index contributed by atoms with van der Waals surface area (Å²) in [5.41, 5.74) is 5.72. The van der Waals surface area contributed by atoms with Crippen molar-refractivity contribution in [3.63, 3.8) is 0 Å². The molecule has 0 aliphatic heterocycles. The van der Waals surface area contributed by atoms with Gasteiger partial charge >= 0.3 is 12.0 Å². The number of rotatable bonds is 4. The van der Waals surface area contributed by atoms with Crippen molar-refractivity contribution in [3.05, 3.63) is 28.2 Å². The number of carboxylic acid groups (broad SMARTS) is 1. The smallest absolute Gasteiger partial charge is 0.335 e. The largest absolute Gasteiger partial charge is 0.478 e. The first-order valence-corrected chi connectivity index (χ1v) is 5.61. The number of nitrogens with two attached hydrogens (primary N) is 1. The van der Waals surface area contributed by atoms with Gasteiger partial charge in [0.05, 0.1) is 11.3 Å². The third kappa shape index (κ3) is 4.04. The fourth-order valence-corrected chi connectivity index (χ4v) is 1.45. The van der Waals surface area contributed by atoms with Gasteiger partial charge in [-0.1, -0.05) is 0 Å². The Morgan fingerprint density at radius 3 is 2.71 bits per heavy atom. The van der Waals surface area contributed by atoms with E-state index in [1.807, 2.05) is 0 Å². The van der Waals surface area contributed by atoms with Gasteiger partial charge in [-0.3, -0.25) is 0 Å². The van der Waals surface area contributed by atoms with Crippen LogP contribution in [0.3, 0.4) is 0 Å². The monoisotopic (exact) mass is 301 g/mol. The van der Waals surface area contributed by atoms with Crippen LogP contribution in [-0.4, -0.2) is 30.2 Å². The van der Waals surface area contributed by atoms with Crippen LogP contribution in [0.4, 0.5) is 10.5 Å². The molecule has 0 aromatic heterocycles. The second kappa shape index (κ2) is 6.21. The summed E-state index contributed by atoms with van der Waals surface area (Å²) >= 11 is 3.22. The van der Waals surface area contributed by atoms with Crippen LogP contribution in [0.15, 0.2) is 22.7 Å². The first kappa shape index (κ1) is 13.5. The van der Waals surface area contributed by atoms with Crippen molar-refractivity contribution in [2.45, 2.75) is 0 Å². The molecule has 0 radical (unpaired) electrons. The highest BCUT2D eigenvalue weighted by molar-refractivity contribution is 9.10. The molecule has 7 heteroatoms. The normalized spacial score (nSPS) is 9.76. The molecule has 92 valence electrons. The number of anilines is 1. The molecule has 1 aromatic rings. The van der Waals surface area contributed by atoms with E-state index in [0.29, 0.717) is 23.2 Å². The van der Waals surface area contributed by atoms with Crippen LogP contribution in [0.25, 0.3) is 0 Å². The van der Waals surface area contributed by atoms with E-state index >= 15 is 0 Å². The van der Waals surface area contributed by atoms with E-state index in [4.69, 9.17) is 10.8 Å². The first-order valence-electron chi connectivity index (χ1n) is 4.82. The second-order valence-corrected chi connectivity index (χ2v) is 4.02. The maximum Gasteiger partial charge on any atom is 0.335 e. The molecule has 0 spiro atoms. The third-order valence-corrected chi connectivity index (χ3v) is 2.58. The van der Waals surface area contributed by atoms with Crippen molar-refractivity contribution in [2.75, 3.05) is 18.4 Å². The van der Waals surface area contributed by atoms with Gasteiger partial charge in [0.2, 0.25) is 0 Å². The number of benzene rings is 1. The van der Waals surface area contributed by atoms with Gasteiger partial charge < -0.3 is 21.5 Å². The van der Waals surface area contributed by atoms with Crippen molar-refractivity contribution < 1.29 is 14.7 Å². The molecule has 0 aliphatic carbocycles. The van der Waals surface area contributed by atoms with E-state index in [9.17, 15) is 9.59 Å². The van der Waals surface area contributed by atoms with Gasteiger partial charge in [-0.25, -0.2) is 9.59 Å². The molecule has 17 heavy (non-hydrogen) atoms. The number of carbonyl (C=O) groups is 2. The number of carboxylic acids is 1. The zero-order valence-electron chi connectivity index (χ0n) is 8.87. The molecular formula is C10H12BrN3O3. The average Bonchev–Trinajstić information content (AvgIpc) is 2.29. The molecule has 6 nitrogen and oxygen atoms in total. The molecule has 0 heterocycles. The highest BCUT2D eigenvalue weighted by atomic mass is 79.9. The van der Waals surface area contributed by atoms with Gasteiger partial charge in [-0.15, -0.1) is 0 Å². The van der Waals surface area contributed by atoms with Gasteiger partial charge in [-0.2, -0.15) is 0 Å². The summed E-state index contributed by atoms with van der Waals surface area (Å²) in [6, 6.07) is 3.94. The standard InChI is InChI=1S/C10H12BrN3O3/c11-7-2-1-6(9(15)16)5-8(7)14-10(17)13-4-3-12/h1-2,5H,3-4,12H2,(H,15,16)(H2,13,14,17). The van der Waals surface area contributed by atoms with Gasteiger partial charge in [0.1, 0.15) is 0 Å². The van der Waals surface area contributed by atoms with E-state index in [1.165, 1.54) is 12.1 Å². The molecule has 1 aromatic carbocycles. The predicted molar refractivity (Wildman–Crippen MR) is 67.2 cm³/mol. The summed E-state index contributed by atoms with van der Waals surface area (Å²) in [7, 11) is 0. The number of hydrogen-bond donors (Lipinski definition) is 4. The quantitative estimate of drug-likeness (QED) is 0.671. The van der Waals surface area contributed by atoms with E-state index in [1.54, 1.807) is 6.07 Å². The minimum Gasteiger partial charge on any atom is -0.478 e. The minimum absolute atomic E-state index is 0.0994. The second-order valence-electron chi connectivity index (χ2n) is 3.17. The Kier molecular flexibility index (Phi) is 4.92. The molecule has 2 amide bonds. The summed E-state index contributed by atoms with van der Waals surface area (Å²) < 4.78 is 0.602. The molecule has 0 aliphatic rings. The Morgan fingerprint density at radius 1 is 1.41 bits per heavy atom. The van der Waals surface area contributed by atoms with Crippen LogP contribution in [-0.2, 0) is 0 Å². The number of carbonyl (C=O) groups excluding carboxylic acids is 1. The summed E-state index contributed by atoms with van der Waals surface area (Å²) in [4.78, 5) is 22.1. The number of nitrogens with one attached hydrogen (secondary N) is 2. The summed E-state index contributed by atoms with van der Waals surface area (Å²) in [5, 5.41) is 13.9. The van der Waals surface area contributed by atoms with E-state index in [0.717, 1.165) is 0 Å². The fraction of sp³-hybridized carbons (Fsp3) is 0.200. The Bertz CT molecular complexity index is 437. The van der Waals surface area contributed by atoms with Crippen LogP contribution in [0, 0.1) is 0 Å². The highest BCUT2D eigenvalue weighted by Gasteiger charge is 2.09. The van der Waals surface area contributed by atoms with Crippen molar-refractivity contribution >= 4 is 33.6 Å². The lowest BCUT2D eigenvalue weighted by Crippen LogP contribution is -2.33. The average molecular weight is 302 g/mol. The van der Waals surface area contributed by atoms with Crippen molar-refractivity contribution in [3.8, 4) is 0 Å². The van der Waals surface area contributed by atoms with Crippen LogP contribution in [0.1, 0.15) is 10.4 Å². The third-order valence-electron chi connectivity index (χ3n) is 1.89. The van der Waals surface area contributed by atoms with E-state index in [-0.39, 0.29) is 5.56 Å². The van der Waals surface area contributed by atoms with Crippen molar-refractivity contribution in [1.82, 2.24) is 5.32 Å². The van der Waals surface area contributed by atoms with E-state index < -0.39 is 12.0 Å². The topological polar surface area (TPSA) is 104 Å². The Morgan fingerprint density at radius 2 is 2.12 bits per heavy atom. The molecule has 0 unspecified atom stereocenters. The number of urea groups is 1. The molecule has 1 rings (SSSR count). The lowest BCUT2D eigenvalue weighted by molar-refractivity contribution is 0.0697. The summed E-state index contributed by atoms with van der Waals surface area (Å²) in [5.74, 6) is -1.05. The molecule has 0 saturated heterocycles. The maximum absolute atomic E-state index is 11.4. The lowest BCUT2D eigenvalue weighted by Gasteiger charge is -2.09. The molecule has 0 fully saturated rings. The number of amides is 2. The summed E-state index contributed by atoms with van der Waals surface area (Å²) in [6.45, 7) is 0.686. The Balaban J connectivity index is 2.79. The van der Waals surface area contributed by atoms with Gasteiger partial charge in [0.15, 0.2) is 0 Å². The van der Waals surface area contributed by atoms with Crippen molar-refractivity contribution in [2.24, 2.45) is 5.73 Å². The first-order chi connectivity index (χ1) is 8.04. The Labute approximate surface area is 106 Å². The van der Waals surface area contributed by atoms with E-state index in [2.05, 4.69) is 26.6 Å². The number of hydrogen-bond acceptors (Lipinski definition) is 3. The van der Waals surface area contributed by atoms with Crippen LogP contribution >= 0.6 is 15.9 Å². The SMILES string of the molecule is NCCNC(=O)Nc1cc(C(=O)O)ccc1Br. The summed E-state index contributed by atoms with van der Waals surface area (Å²) in [6.07, 6.45) is 0. The number of aromatic carboxylic acids is 1. The molecular weight excluding hydrogens is 290 g/mol. The minimum atomic E-state index is -1.05. The maximum atomic E-state index is 11.4. The number of halogens is 1.